The largest absolute Gasteiger partial charge is 0.300 e. The van der Waals surface area contributed by atoms with Crippen LogP contribution < -0.4 is 5.43 Å². The molecular weight excluding hydrogens is 124 g/mol. The van der Waals surface area contributed by atoms with Gasteiger partial charge in [0, 0.05) is 0 Å². The van der Waals surface area contributed by atoms with Gasteiger partial charge in [0.2, 0.25) is 0 Å². The highest BCUT2D eigenvalue weighted by atomic mass is 15.3. The third kappa shape index (κ3) is 1.59. The van der Waals surface area contributed by atoms with Crippen molar-refractivity contribution in [3.05, 3.63) is 12.2 Å². The number of nitrogens with zero attached hydrogens (tertiary/aromatic N) is 1. The minimum atomic E-state index is 0.0403. The molecule has 0 aliphatic carbocycles. The van der Waals surface area contributed by atoms with Crippen molar-refractivity contribution in [1.29, 1.82) is 0 Å². The van der Waals surface area contributed by atoms with Crippen LogP contribution in [0.4, 0.5) is 0 Å². The Labute approximate surface area is 62.0 Å². The van der Waals surface area contributed by atoms with E-state index in [1.54, 1.807) is 0 Å². The van der Waals surface area contributed by atoms with E-state index >= 15 is 0 Å². The molecule has 1 aliphatic heterocycles. The number of hydrazone groups is 1. The molecule has 1 rings (SSSR count). The van der Waals surface area contributed by atoms with Gasteiger partial charge in [0.25, 0.3) is 0 Å². The topological polar surface area (TPSA) is 24.4 Å². The molecule has 1 aliphatic rings. The van der Waals surface area contributed by atoms with Crippen LogP contribution in [0.25, 0.3) is 0 Å². The molecule has 0 atom stereocenters. The molecule has 0 radical (unpaired) electrons. The first-order valence-corrected chi connectivity index (χ1v) is 3.67. The Morgan fingerprint density at radius 3 is 2.70 bits per heavy atom. The second kappa shape index (κ2) is 2.45. The van der Waals surface area contributed by atoms with E-state index < -0.39 is 0 Å². The van der Waals surface area contributed by atoms with E-state index in [2.05, 4.69) is 43.5 Å². The Morgan fingerprint density at radius 1 is 1.60 bits per heavy atom. The molecule has 56 valence electrons. The third-order valence-electron chi connectivity index (χ3n) is 1.54. The Morgan fingerprint density at radius 2 is 2.30 bits per heavy atom. The molecule has 2 heteroatoms. The lowest BCUT2D eigenvalue weighted by Gasteiger charge is -2.23. The van der Waals surface area contributed by atoms with Crippen LogP contribution in [-0.2, 0) is 0 Å². The standard InChI is InChI=1S/C8H14N2/c1-4-7-5-6-8(2,3)10-9-7/h5-6,10H,4H2,1-3H3. The minimum Gasteiger partial charge on any atom is -0.300 e. The normalized spacial score (nSPS) is 21.7. The van der Waals surface area contributed by atoms with Gasteiger partial charge in [-0.15, -0.1) is 0 Å². The number of nitrogens with one attached hydrogen (secondary N) is 1. The quantitative estimate of drug-likeness (QED) is 0.586. The van der Waals surface area contributed by atoms with Crippen LogP contribution in [-0.4, -0.2) is 11.3 Å². The summed E-state index contributed by atoms with van der Waals surface area (Å²) in [6, 6.07) is 0. The van der Waals surface area contributed by atoms with Gasteiger partial charge in [-0.05, 0) is 26.3 Å². The third-order valence-corrected chi connectivity index (χ3v) is 1.54. The molecule has 1 heterocycles. The lowest BCUT2D eigenvalue weighted by Crippen LogP contribution is -2.36. The maximum Gasteiger partial charge on any atom is 0.0675 e. The van der Waals surface area contributed by atoms with E-state index in [-0.39, 0.29) is 5.54 Å². The maximum atomic E-state index is 4.18. The molecule has 0 saturated heterocycles. The van der Waals surface area contributed by atoms with Crippen molar-refractivity contribution >= 4 is 5.71 Å². The number of hydrogen-bond donors (Lipinski definition) is 1. The molecule has 0 aromatic carbocycles. The van der Waals surface area contributed by atoms with Crippen LogP contribution in [0.2, 0.25) is 0 Å². The molecule has 0 bridgehead atoms. The molecule has 0 unspecified atom stereocenters. The van der Waals surface area contributed by atoms with Gasteiger partial charge in [-0.2, -0.15) is 5.10 Å². The zero-order valence-corrected chi connectivity index (χ0v) is 6.81. The predicted octanol–water partition coefficient (Wildman–Crippen LogP) is 1.69. The average Bonchev–Trinajstić information content (AvgIpc) is 1.88. The van der Waals surface area contributed by atoms with E-state index in [1.807, 2.05) is 0 Å². The number of hydrogen-bond acceptors (Lipinski definition) is 2. The number of rotatable bonds is 1. The lowest BCUT2D eigenvalue weighted by molar-refractivity contribution is 0.488. The fraction of sp³-hybridized carbons (Fsp3) is 0.625. The van der Waals surface area contributed by atoms with Crippen molar-refractivity contribution in [3.8, 4) is 0 Å². The van der Waals surface area contributed by atoms with Crippen molar-refractivity contribution in [2.45, 2.75) is 32.7 Å². The summed E-state index contributed by atoms with van der Waals surface area (Å²) in [5.41, 5.74) is 4.23. The highest BCUT2D eigenvalue weighted by molar-refractivity contribution is 5.95. The van der Waals surface area contributed by atoms with Crippen LogP contribution in [0.5, 0.6) is 0 Å². The molecule has 0 amide bonds. The van der Waals surface area contributed by atoms with E-state index in [4.69, 9.17) is 0 Å². The van der Waals surface area contributed by atoms with Crippen molar-refractivity contribution in [1.82, 2.24) is 5.43 Å². The highest BCUT2D eigenvalue weighted by Crippen LogP contribution is 2.08. The van der Waals surface area contributed by atoms with E-state index in [0.717, 1.165) is 12.1 Å². The van der Waals surface area contributed by atoms with Crippen LogP contribution in [0.15, 0.2) is 17.3 Å². The number of allylic oxidation sites excluding steroid dienone is 1. The first kappa shape index (κ1) is 7.32. The predicted molar refractivity (Wildman–Crippen MR) is 44.1 cm³/mol. The SMILES string of the molecule is CCC1=NNC(C)(C)C=C1. The van der Waals surface area contributed by atoms with Gasteiger partial charge in [0.05, 0.1) is 11.3 Å². The second-order valence-corrected chi connectivity index (χ2v) is 3.12. The second-order valence-electron chi connectivity index (χ2n) is 3.12. The average molecular weight is 138 g/mol. The lowest BCUT2D eigenvalue weighted by atomic mass is 10.0. The van der Waals surface area contributed by atoms with Crippen LogP contribution in [0.1, 0.15) is 27.2 Å². The minimum absolute atomic E-state index is 0.0403. The summed E-state index contributed by atoms with van der Waals surface area (Å²) in [5, 5.41) is 4.18. The van der Waals surface area contributed by atoms with Gasteiger partial charge >= 0.3 is 0 Å². The van der Waals surface area contributed by atoms with Crippen molar-refractivity contribution in [3.63, 3.8) is 0 Å². The molecule has 2 nitrogen and oxygen atoms in total. The zero-order valence-electron chi connectivity index (χ0n) is 6.81. The smallest absolute Gasteiger partial charge is 0.0675 e. The van der Waals surface area contributed by atoms with E-state index in [0.29, 0.717) is 0 Å². The molecule has 1 N–H and O–H groups in total. The summed E-state index contributed by atoms with van der Waals surface area (Å²) < 4.78 is 0. The van der Waals surface area contributed by atoms with Gasteiger partial charge in [0.15, 0.2) is 0 Å². The van der Waals surface area contributed by atoms with E-state index in [1.165, 1.54) is 0 Å². The fourth-order valence-corrected chi connectivity index (χ4v) is 0.792. The molecule has 0 aromatic heterocycles. The van der Waals surface area contributed by atoms with Gasteiger partial charge in [-0.25, -0.2) is 0 Å². The van der Waals surface area contributed by atoms with E-state index in [9.17, 15) is 0 Å². The van der Waals surface area contributed by atoms with Crippen molar-refractivity contribution in [2.75, 3.05) is 0 Å². The Bertz CT molecular complexity index is 178. The summed E-state index contributed by atoms with van der Waals surface area (Å²) in [5.74, 6) is 0. The first-order chi connectivity index (χ1) is 4.64. The molecular formula is C8H14N2. The summed E-state index contributed by atoms with van der Waals surface area (Å²) in [7, 11) is 0. The first-order valence-electron chi connectivity index (χ1n) is 3.67. The fourth-order valence-electron chi connectivity index (χ4n) is 0.792. The van der Waals surface area contributed by atoms with Crippen molar-refractivity contribution in [2.24, 2.45) is 5.10 Å². The molecule has 0 spiro atoms. The Hall–Kier alpha value is -0.790. The van der Waals surface area contributed by atoms with Gasteiger partial charge in [-0.3, -0.25) is 0 Å². The van der Waals surface area contributed by atoms with Crippen LogP contribution >= 0.6 is 0 Å². The summed E-state index contributed by atoms with van der Waals surface area (Å²) >= 11 is 0. The van der Waals surface area contributed by atoms with Gasteiger partial charge < -0.3 is 5.43 Å². The highest BCUT2D eigenvalue weighted by Gasteiger charge is 2.14. The monoisotopic (exact) mass is 138 g/mol. The Balaban J connectivity index is 2.63. The van der Waals surface area contributed by atoms with Crippen LogP contribution in [0.3, 0.4) is 0 Å². The van der Waals surface area contributed by atoms with Crippen LogP contribution in [0, 0.1) is 0 Å². The molecule has 0 fully saturated rings. The summed E-state index contributed by atoms with van der Waals surface area (Å²) in [6.07, 6.45) is 5.22. The molecule has 0 aromatic rings. The van der Waals surface area contributed by atoms with Gasteiger partial charge in [0.1, 0.15) is 0 Å². The summed E-state index contributed by atoms with van der Waals surface area (Å²) in [6.45, 7) is 6.29. The zero-order chi connectivity index (χ0) is 7.61. The summed E-state index contributed by atoms with van der Waals surface area (Å²) in [4.78, 5) is 0. The Kier molecular flexibility index (Phi) is 1.79. The molecule has 10 heavy (non-hydrogen) atoms. The molecule has 0 saturated carbocycles. The maximum absolute atomic E-state index is 4.18. The van der Waals surface area contributed by atoms with Crippen molar-refractivity contribution < 1.29 is 0 Å². The van der Waals surface area contributed by atoms with Gasteiger partial charge in [-0.1, -0.05) is 13.0 Å².